The zero-order chi connectivity index (χ0) is 13.4. The average molecular weight is 251 g/mol. The van der Waals surface area contributed by atoms with Crippen LogP contribution in [0.5, 0.6) is 11.5 Å². The number of aliphatic hydroxyl groups excluding tert-OH is 1. The Labute approximate surface area is 108 Å². The molecule has 0 atom stereocenters. The maximum atomic E-state index is 8.71. The van der Waals surface area contributed by atoms with E-state index in [4.69, 9.17) is 14.6 Å². The van der Waals surface area contributed by atoms with Gasteiger partial charge in [-0.15, -0.1) is 0 Å². The first-order valence-electron chi connectivity index (χ1n) is 5.93. The van der Waals surface area contributed by atoms with Crippen LogP contribution in [0, 0.1) is 0 Å². The number of hydrogen-bond donors (Lipinski definition) is 2. The largest absolute Gasteiger partial charge is 0.493 e. The van der Waals surface area contributed by atoms with Gasteiger partial charge in [-0.05, 0) is 30.2 Å². The number of ether oxygens (including phenoxy) is 2. The Bertz CT molecular complexity index is 391. The number of benzene rings is 1. The van der Waals surface area contributed by atoms with E-state index in [-0.39, 0.29) is 6.61 Å². The fourth-order valence-corrected chi connectivity index (χ4v) is 1.46. The highest BCUT2D eigenvalue weighted by molar-refractivity contribution is 5.43. The van der Waals surface area contributed by atoms with Crippen LogP contribution in [-0.2, 0) is 6.54 Å². The molecule has 0 aliphatic rings. The van der Waals surface area contributed by atoms with Crippen LogP contribution < -0.4 is 14.8 Å². The predicted molar refractivity (Wildman–Crippen MR) is 72.1 cm³/mol. The van der Waals surface area contributed by atoms with Crippen LogP contribution in [0.4, 0.5) is 0 Å². The molecule has 1 aromatic rings. The standard InChI is InChI=1S/C14H21NO3/c1-11(2)10-18-14-8-12(9-15-6-7-16)4-5-13(14)17-3/h4-5,8,15-16H,1,6-7,9-10H2,2-3H3. The van der Waals surface area contributed by atoms with E-state index in [2.05, 4.69) is 11.9 Å². The molecule has 4 nitrogen and oxygen atoms in total. The second-order valence-corrected chi connectivity index (χ2v) is 4.13. The summed E-state index contributed by atoms with van der Waals surface area (Å²) in [6, 6.07) is 5.78. The predicted octanol–water partition coefficient (Wildman–Crippen LogP) is 1.73. The van der Waals surface area contributed by atoms with E-state index in [1.54, 1.807) is 7.11 Å². The van der Waals surface area contributed by atoms with Gasteiger partial charge in [-0.1, -0.05) is 12.6 Å². The summed E-state index contributed by atoms with van der Waals surface area (Å²) in [5, 5.41) is 11.8. The van der Waals surface area contributed by atoms with Gasteiger partial charge in [0.25, 0.3) is 0 Å². The molecule has 0 bridgehead atoms. The first-order valence-corrected chi connectivity index (χ1v) is 5.93. The fraction of sp³-hybridized carbons (Fsp3) is 0.429. The van der Waals surface area contributed by atoms with Gasteiger partial charge in [-0.3, -0.25) is 0 Å². The summed E-state index contributed by atoms with van der Waals surface area (Å²) >= 11 is 0. The van der Waals surface area contributed by atoms with Crippen LogP contribution in [-0.4, -0.2) is 32.0 Å². The lowest BCUT2D eigenvalue weighted by Crippen LogP contribution is -2.17. The van der Waals surface area contributed by atoms with E-state index in [0.717, 1.165) is 11.1 Å². The minimum Gasteiger partial charge on any atom is -0.493 e. The zero-order valence-corrected chi connectivity index (χ0v) is 11.0. The van der Waals surface area contributed by atoms with Gasteiger partial charge in [0.15, 0.2) is 11.5 Å². The van der Waals surface area contributed by atoms with Crippen LogP contribution in [0.3, 0.4) is 0 Å². The number of nitrogens with one attached hydrogen (secondary N) is 1. The Balaban J connectivity index is 2.71. The van der Waals surface area contributed by atoms with Crippen molar-refractivity contribution in [1.82, 2.24) is 5.32 Å². The van der Waals surface area contributed by atoms with Crippen molar-refractivity contribution >= 4 is 0 Å². The molecule has 0 spiro atoms. The Hall–Kier alpha value is -1.52. The molecule has 18 heavy (non-hydrogen) atoms. The van der Waals surface area contributed by atoms with Crippen LogP contribution in [0.25, 0.3) is 0 Å². The normalized spacial score (nSPS) is 10.2. The molecule has 1 rings (SSSR count). The molecule has 4 heteroatoms. The zero-order valence-electron chi connectivity index (χ0n) is 11.0. The Kier molecular flexibility index (Phi) is 6.25. The van der Waals surface area contributed by atoms with Crippen molar-refractivity contribution in [3.63, 3.8) is 0 Å². The maximum Gasteiger partial charge on any atom is 0.161 e. The van der Waals surface area contributed by atoms with Crippen LogP contribution in [0.1, 0.15) is 12.5 Å². The van der Waals surface area contributed by atoms with E-state index in [0.29, 0.717) is 31.2 Å². The van der Waals surface area contributed by atoms with Crippen molar-refractivity contribution in [1.29, 1.82) is 0 Å². The second kappa shape index (κ2) is 7.74. The first kappa shape index (κ1) is 14.5. The topological polar surface area (TPSA) is 50.7 Å². The first-order chi connectivity index (χ1) is 8.67. The highest BCUT2D eigenvalue weighted by Gasteiger charge is 2.05. The summed E-state index contributed by atoms with van der Waals surface area (Å²) in [5.74, 6) is 1.42. The van der Waals surface area contributed by atoms with Crippen molar-refractivity contribution in [2.24, 2.45) is 0 Å². The lowest BCUT2D eigenvalue weighted by molar-refractivity contribution is 0.291. The lowest BCUT2D eigenvalue weighted by atomic mass is 10.2. The van der Waals surface area contributed by atoms with Gasteiger partial charge < -0.3 is 19.9 Å². The Morgan fingerprint density at radius 2 is 2.17 bits per heavy atom. The van der Waals surface area contributed by atoms with E-state index in [1.165, 1.54) is 0 Å². The summed E-state index contributed by atoms with van der Waals surface area (Å²) in [6.07, 6.45) is 0. The smallest absolute Gasteiger partial charge is 0.161 e. The summed E-state index contributed by atoms with van der Waals surface area (Å²) in [5.41, 5.74) is 2.04. The molecule has 1 aromatic carbocycles. The summed E-state index contributed by atoms with van der Waals surface area (Å²) in [6.45, 7) is 7.59. The van der Waals surface area contributed by atoms with Crippen LogP contribution >= 0.6 is 0 Å². The average Bonchev–Trinajstić information content (AvgIpc) is 2.37. The molecule has 0 fully saturated rings. The molecular formula is C14H21NO3. The van der Waals surface area contributed by atoms with E-state index < -0.39 is 0 Å². The van der Waals surface area contributed by atoms with Crippen molar-refractivity contribution in [3.8, 4) is 11.5 Å². The summed E-state index contributed by atoms with van der Waals surface area (Å²) in [4.78, 5) is 0. The van der Waals surface area contributed by atoms with Crippen molar-refractivity contribution in [2.75, 3.05) is 26.9 Å². The molecule has 0 heterocycles. The van der Waals surface area contributed by atoms with Gasteiger partial charge in [-0.2, -0.15) is 0 Å². The number of methoxy groups -OCH3 is 1. The molecule has 100 valence electrons. The number of rotatable bonds is 8. The molecule has 0 unspecified atom stereocenters. The third-order valence-corrected chi connectivity index (χ3v) is 2.32. The highest BCUT2D eigenvalue weighted by Crippen LogP contribution is 2.28. The Morgan fingerprint density at radius 1 is 1.39 bits per heavy atom. The monoisotopic (exact) mass is 251 g/mol. The van der Waals surface area contributed by atoms with E-state index in [1.807, 2.05) is 25.1 Å². The Morgan fingerprint density at radius 3 is 2.78 bits per heavy atom. The fourth-order valence-electron chi connectivity index (χ4n) is 1.46. The number of aliphatic hydroxyl groups is 1. The van der Waals surface area contributed by atoms with Crippen molar-refractivity contribution in [3.05, 3.63) is 35.9 Å². The van der Waals surface area contributed by atoms with Crippen LogP contribution in [0.2, 0.25) is 0 Å². The molecule has 0 radical (unpaired) electrons. The van der Waals surface area contributed by atoms with Gasteiger partial charge in [0.2, 0.25) is 0 Å². The maximum absolute atomic E-state index is 8.71. The van der Waals surface area contributed by atoms with Gasteiger partial charge in [0.1, 0.15) is 6.61 Å². The molecule has 2 N–H and O–H groups in total. The summed E-state index contributed by atoms with van der Waals surface area (Å²) in [7, 11) is 1.62. The second-order valence-electron chi connectivity index (χ2n) is 4.13. The minimum absolute atomic E-state index is 0.134. The van der Waals surface area contributed by atoms with Gasteiger partial charge in [-0.25, -0.2) is 0 Å². The van der Waals surface area contributed by atoms with Crippen LogP contribution in [0.15, 0.2) is 30.4 Å². The third-order valence-electron chi connectivity index (χ3n) is 2.32. The molecular weight excluding hydrogens is 230 g/mol. The van der Waals surface area contributed by atoms with E-state index >= 15 is 0 Å². The van der Waals surface area contributed by atoms with Crippen molar-refractivity contribution < 1.29 is 14.6 Å². The highest BCUT2D eigenvalue weighted by atomic mass is 16.5. The molecule has 0 saturated heterocycles. The molecule has 0 aliphatic carbocycles. The summed E-state index contributed by atoms with van der Waals surface area (Å²) < 4.78 is 10.9. The molecule has 0 amide bonds. The van der Waals surface area contributed by atoms with E-state index in [9.17, 15) is 0 Å². The van der Waals surface area contributed by atoms with Gasteiger partial charge in [0, 0.05) is 13.1 Å². The molecule has 0 aliphatic heterocycles. The van der Waals surface area contributed by atoms with Gasteiger partial charge in [0.05, 0.1) is 13.7 Å². The quantitative estimate of drug-likeness (QED) is 0.546. The molecule has 0 aromatic heterocycles. The lowest BCUT2D eigenvalue weighted by Gasteiger charge is -2.12. The SMILES string of the molecule is C=C(C)COc1cc(CNCCO)ccc1OC. The molecule has 0 saturated carbocycles. The number of hydrogen-bond acceptors (Lipinski definition) is 4. The van der Waals surface area contributed by atoms with Crippen molar-refractivity contribution in [2.45, 2.75) is 13.5 Å². The third kappa shape index (κ3) is 4.77. The van der Waals surface area contributed by atoms with Gasteiger partial charge >= 0.3 is 0 Å². The minimum atomic E-state index is 0.134.